The summed E-state index contributed by atoms with van der Waals surface area (Å²) in [6.07, 6.45) is 0. The Bertz CT molecular complexity index is 1130. The van der Waals surface area contributed by atoms with Crippen molar-refractivity contribution in [2.45, 2.75) is 13.8 Å². The predicted octanol–water partition coefficient (Wildman–Crippen LogP) is 5.61. The van der Waals surface area contributed by atoms with E-state index < -0.39 is 0 Å². The molecule has 0 saturated carbocycles. The zero-order valence-corrected chi connectivity index (χ0v) is 15.3. The summed E-state index contributed by atoms with van der Waals surface area (Å²) in [6, 6.07) is 15.4. The van der Waals surface area contributed by atoms with Gasteiger partial charge in [-0.3, -0.25) is 9.78 Å². The number of carbonyl (C=O) groups excluding carboxylic acids is 1. The van der Waals surface area contributed by atoms with Crippen molar-refractivity contribution < 1.29 is 9.21 Å². The molecule has 0 bridgehead atoms. The van der Waals surface area contributed by atoms with Crippen LogP contribution < -0.4 is 5.32 Å². The van der Waals surface area contributed by atoms with Crippen molar-refractivity contribution in [3.05, 3.63) is 70.0 Å². The maximum Gasteiger partial charge on any atom is 0.291 e. The van der Waals surface area contributed by atoms with E-state index in [0.29, 0.717) is 17.0 Å². The summed E-state index contributed by atoms with van der Waals surface area (Å²) in [5.74, 6) is 0.0402. The Hall–Kier alpha value is -2.66. The normalized spacial score (nSPS) is 11.2. The first-order chi connectivity index (χ1) is 12.0. The fourth-order valence-corrected chi connectivity index (χ4v) is 3.30. The lowest BCUT2D eigenvalue weighted by Crippen LogP contribution is -2.12. The molecular formula is C20H15BrN2O2. The number of para-hydroxylation sites is 1. The smallest absolute Gasteiger partial charge is 0.291 e. The standard InChI is InChI=1S/C20H15BrN2O2/c1-11-6-7-13-4-3-5-16(18(13)22-11)23-20(24)19-12(2)15-10-14(21)8-9-17(15)25-19/h3-10H,1-2H3,(H,23,24). The van der Waals surface area contributed by atoms with Gasteiger partial charge in [-0.05, 0) is 44.2 Å². The minimum atomic E-state index is -0.277. The van der Waals surface area contributed by atoms with E-state index in [9.17, 15) is 4.79 Å². The highest BCUT2D eigenvalue weighted by molar-refractivity contribution is 9.10. The van der Waals surface area contributed by atoms with E-state index in [-0.39, 0.29) is 5.91 Å². The Labute approximate surface area is 153 Å². The van der Waals surface area contributed by atoms with Gasteiger partial charge in [0.2, 0.25) is 0 Å². The monoisotopic (exact) mass is 394 g/mol. The summed E-state index contributed by atoms with van der Waals surface area (Å²) in [6.45, 7) is 3.82. The van der Waals surface area contributed by atoms with E-state index >= 15 is 0 Å². The molecule has 4 nitrogen and oxygen atoms in total. The molecule has 0 saturated heterocycles. The molecule has 0 fully saturated rings. The van der Waals surface area contributed by atoms with Crippen LogP contribution in [0.1, 0.15) is 21.8 Å². The molecule has 1 amide bonds. The van der Waals surface area contributed by atoms with Crippen LogP contribution in [0.5, 0.6) is 0 Å². The molecule has 124 valence electrons. The maximum atomic E-state index is 12.8. The second-order valence-electron chi connectivity index (χ2n) is 5.98. The minimum Gasteiger partial charge on any atom is -0.451 e. The number of nitrogens with one attached hydrogen (secondary N) is 1. The maximum absolute atomic E-state index is 12.8. The van der Waals surface area contributed by atoms with Crippen molar-refractivity contribution in [3.63, 3.8) is 0 Å². The third-order valence-electron chi connectivity index (χ3n) is 4.21. The van der Waals surface area contributed by atoms with E-state index in [1.54, 1.807) is 0 Å². The Kier molecular flexibility index (Phi) is 3.81. The average Bonchev–Trinajstić information content (AvgIpc) is 2.92. The number of anilines is 1. The van der Waals surface area contributed by atoms with Crippen LogP contribution in [0.4, 0.5) is 5.69 Å². The molecule has 0 spiro atoms. The topological polar surface area (TPSA) is 55.1 Å². The number of hydrogen-bond acceptors (Lipinski definition) is 3. The molecule has 5 heteroatoms. The molecule has 0 unspecified atom stereocenters. The first-order valence-corrected chi connectivity index (χ1v) is 8.68. The van der Waals surface area contributed by atoms with Crippen molar-refractivity contribution >= 4 is 49.4 Å². The minimum absolute atomic E-state index is 0.277. The van der Waals surface area contributed by atoms with Crippen molar-refractivity contribution in [3.8, 4) is 0 Å². The van der Waals surface area contributed by atoms with Gasteiger partial charge in [0, 0.05) is 26.5 Å². The molecule has 2 aromatic carbocycles. The van der Waals surface area contributed by atoms with Gasteiger partial charge in [0.15, 0.2) is 5.76 Å². The number of benzene rings is 2. The Balaban J connectivity index is 1.76. The molecule has 2 heterocycles. The predicted molar refractivity (Wildman–Crippen MR) is 103 cm³/mol. The van der Waals surface area contributed by atoms with Gasteiger partial charge in [-0.15, -0.1) is 0 Å². The number of halogens is 1. The van der Waals surface area contributed by atoms with Crippen LogP contribution >= 0.6 is 15.9 Å². The molecule has 25 heavy (non-hydrogen) atoms. The number of hydrogen-bond donors (Lipinski definition) is 1. The van der Waals surface area contributed by atoms with Crippen molar-refractivity contribution in [2.24, 2.45) is 0 Å². The third-order valence-corrected chi connectivity index (χ3v) is 4.71. The molecular weight excluding hydrogens is 380 g/mol. The van der Waals surface area contributed by atoms with Gasteiger partial charge in [0.1, 0.15) is 5.58 Å². The fraction of sp³-hybridized carbons (Fsp3) is 0.100. The van der Waals surface area contributed by atoms with Crippen LogP contribution in [0.15, 0.2) is 57.4 Å². The quantitative estimate of drug-likeness (QED) is 0.480. The lowest BCUT2D eigenvalue weighted by atomic mass is 10.1. The number of furan rings is 1. The van der Waals surface area contributed by atoms with E-state index in [4.69, 9.17) is 4.42 Å². The molecule has 0 atom stereocenters. The molecule has 0 aliphatic rings. The summed E-state index contributed by atoms with van der Waals surface area (Å²) in [4.78, 5) is 17.3. The van der Waals surface area contributed by atoms with Crippen molar-refractivity contribution in [2.75, 3.05) is 5.32 Å². The van der Waals surface area contributed by atoms with Gasteiger partial charge in [-0.25, -0.2) is 0 Å². The summed E-state index contributed by atoms with van der Waals surface area (Å²) in [5.41, 5.74) is 3.86. The molecule has 1 N–H and O–H groups in total. The van der Waals surface area contributed by atoms with Crippen LogP contribution in [-0.4, -0.2) is 10.9 Å². The molecule has 4 rings (SSSR count). The van der Waals surface area contributed by atoms with E-state index in [1.807, 2.05) is 62.4 Å². The van der Waals surface area contributed by atoms with E-state index in [2.05, 4.69) is 26.2 Å². The van der Waals surface area contributed by atoms with Gasteiger partial charge in [-0.1, -0.05) is 34.1 Å². The zero-order valence-electron chi connectivity index (χ0n) is 13.8. The number of pyridine rings is 1. The number of aromatic nitrogens is 1. The second kappa shape index (κ2) is 6.01. The number of aryl methyl sites for hydroxylation is 2. The van der Waals surface area contributed by atoms with Crippen LogP contribution in [0.2, 0.25) is 0 Å². The van der Waals surface area contributed by atoms with Gasteiger partial charge in [-0.2, -0.15) is 0 Å². The number of rotatable bonds is 2. The fourth-order valence-electron chi connectivity index (χ4n) is 2.93. The first-order valence-electron chi connectivity index (χ1n) is 7.89. The zero-order chi connectivity index (χ0) is 17.6. The molecule has 0 radical (unpaired) electrons. The molecule has 0 aliphatic carbocycles. The van der Waals surface area contributed by atoms with Crippen LogP contribution in [-0.2, 0) is 0 Å². The van der Waals surface area contributed by atoms with E-state index in [1.165, 1.54) is 0 Å². The SMILES string of the molecule is Cc1ccc2cccc(NC(=O)c3oc4ccc(Br)cc4c3C)c2n1. The molecule has 4 aromatic rings. The van der Waals surface area contributed by atoms with Gasteiger partial charge >= 0.3 is 0 Å². The van der Waals surface area contributed by atoms with E-state index in [0.717, 1.165) is 32.0 Å². The summed E-state index contributed by atoms with van der Waals surface area (Å²) >= 11 is 3.45. The number of amides is 1. The lowest BCUT2D eigenvalue weighted by molar-refractivity contribution is 0.0998. The average molecular weight is 395 g/mol. The third kappa shape index (κ3) is 2.81. The number of carbonyl (C=O) groups is 1. The van der Waals surface area contributed by atoms with Crippen LogP contribution in [0.3, 0.4) is 0 Å². The highest BCUT2D eigenvalue weighted by atomic mass is 79.9. The Morgan fingerprint density at radius 3 is 2.80 bits per heavy atom. The Morgan fingerprint density at radius 1 is 1.12 bits per heavy atom. The van der Waals surface area contributed by atoms with Crippen molar-refractivity contribution in [1.82, 2.24) is 4.98 Å². The lowest BCUT2D eigenvalue weighted by Gasteiger charge is -2.08. The molecule has 2 aromatic heterocycles. The number of nitrogens with zero attached hydrogens (tertiary/aromatic N) is 1. The highest BCUT2D eigenvalue weighted by Crippen LogP contribution is 2.29. The number of fused-ring (bicyclic) bond motifs is 2. The largest absolute Gasteiger partial charge is 0.451 e. The first kappa shape index (κ1) is 15.8. The van der Waals surface area contributed by atoms with Crippen LogP contribution in [0, 0.1) is 13.8 Å². The summed E-state index contributed by atoms with van der Waals surface area (Å²) in [7, 11) is 0. The van der Waals surface area contributed by atoms with Crippen molar-refractivity contribution in [1.29, 1.82) is 0 Å². The van der Waals surface area contributed by atoms with Crippen LogP contribution in [0.25, 0.3) is 21.9 Å². The Morgan fingerprint density at radius 2 is 1.96 bits per heavy atom. The second-order valence-corrected chi connectivity index (χ2v) is 6.90. The summed E-state index contributed by atoms with van der Waals surface area (Å²) in [5, 5.41) is 4.84. The molecule has 0 aliphatic heterocycles. The van der Waals surface area contributed by atoms with Gasteiger partial charge in [0.05, 0.1) is 11.2 Å². The van der Waals surface area contributed by atoms with Gasteiger partial charge < -0.3 is 9.73 Å². The highest BCUT2D eigenvalue weighted by Gasteiger charge is 2.19. The van der Waals surface area contributed by atoms with Gasteiger partial charge in [0.25, 0.3) is 5.91 Å². The summed E-state index contributed by atoms with van der Waals surface area (Å²) < 4.78 is 6.72.